The highest BCUT2D eigenvalue weighted by atomic mass is 79.9. The molecule has 0 aliphatic carbocycles. The van der Waals surface area contributed by atoms with Gasteiger partial charge in [0.05, 0.1) is 55.5 Å². The molecule has 7 nitrogen and oxygen atoms in total. The summed E-state index contributed by atoms with van der Waals surface area (Å²) in [5.74, 6) is 1.26. The molecule has 0 saturated carbocycles. The fourth-order valence-electron chi connectivity index (χ4n) is 14.2. The first-order valence-electron chi connectivity index (χ1n) is 29.3. The standard InChI is InChI=1S/C78H43Br2N7S/c79-50-32-37-62-57(42-50)72-64(34-28-44-29-35-65-71(69(44)72)55-22-6-10-26-61(55)86(65)77-81-59-24-8-4-20-53(59)75(83-77)46-14-2-1-3-15-46)85(62)52-19-13-17-48(41-52)47-16-12-18-49(40-47)76-54-21-5-9-25-60(54)82-78(84-76)87-63-38-33-51(80)43-58(63)73-66(87)36-30-45-31-39-68-74(70(45)73)56-23-7-11-27-67(56)88-68/h1-43H. The van der Waals surface area contributed by atoms with Crippen LogP contribution in [0.15, 0.2) is 270 Å². The summed E-state index contributed by atoms with van der Waals surface area (Å²) in [7, 11) is 0. The number of halogens is 2. The molecule has 0 atom stereocenters. The molecule has 410 valence electrons. The lowest BCUT2D eigenvalue weighted by molar-refractivity contribution is 1.01. The summed E-state index contributed by atoms with van der Waals surface area (Å²) in [6, 6.07) is 93.9. The van der Waals surface area contributed by atoms with Gasteiger partial charge < -0.3 is 4.57 Å². The van der Waals surface area contributed by atoms with Gasteiger partial charge >= 0.3 is 0 Å². The van der Waals surface area contributed by atoms with E-state index in [2.05, 4.69) is 300 Å². The Balaban J connectivity index is 0.782. The van der Waals surface area contributed by atoms with Crippen LogP contribution in [-0.4, -0.2) is 33.6 Å². The van der Waals surface area contributed by atoms with Crippen molar-refractivity contribution < 1.29 is 0 Å². The number of aromatic nitrogens is 7. The highest BCUT2D eigenvalue weighted by Crippen LogP contribution is 2.48. The Morgan fingerprint density at radius 1 is 0.273 bits per heavy atom. The molecular weight excluding hydrogens is 1230 g/mol. The predicted octanol–water partition coefficient (Wildman–Crippen LogP) is 22.1. The molecule has 0 saturated heterocycles. The Morgan fingerprint density at radius 2 is 0.739 bits per heavy atom. The molecule has 0 aliphatic rings. The van der Waals surface area contributed by atoms with Crippen molar-refractivity contribution in [1.29, 1.82) is 0 Å². The molecule has 0 unspecified atom stereocenters. The lowest BCUT2D eigenvalue weighted by Crippen LogP contribution is -2.03. The number of thiophene rings is 1. The van der Waals surface area contributed by atoms with Gasteiger partial charge in [0.25, 0.3) is 0 Å². The van der Waals surface area contributed by atoms with Crippen molar-refractivity contribution in [2.75, 3.05) is 0 Å². The van der Waals surface area contributed by atoms with E-state index in [0.29, 0.717) is 11.9 Å². The summed E-state index contributed by atoms with van der Waals surface area (Å²) in [4.78, 5) is 21.8. The van der Waals surface area contributed by atoms with Crippen molar-refractivity contribution in [2.45, 2.75) is 0 Å². The lowest BCUT2D eigenvalue weighted by atomic mass is 9.98. The monoisotopic (exact) mass is 1270 g/mol. The van der Waals surface area contributed by atoms with E-state index >= 15 is 0 Å². The minimum atomic E-state index is 0.622. The minimum Gasteiger partial charge on any atom is -0.309 e. The maximum atomic E-state index is 5.63. The number of rotatable bonds is 6. The fraction of sp³-hybridized carbons (Fsp3) is 0. The Morgan fingerprint density at radius 3 is 1.41 bits per heavy atom. The van der Waals surface area contributed by atoms with Gasteiger partial charge in [-0.15, -0.1) is 11.3 Å². The van der Waals surface area contributed by atoms with Crippen LogP contribution in [0, 0.1) is 0 Å². The number of nitrogens with zero attached hydrogens (tertiary/aromatic N) is 7. The number of hydrogen-bond donors (Lipinski definition) is 0. The topological polar surface area (TPSA) is 66.3 Å². The third-order valence-corrected chi connectivity index (χ3v) is 20.0. The zero-order valence-electron chi connectivity index (χ0n) is 46.6. The summed E-state index contributed by atoms with van der Waals surface area (Å²) in [6.45, 7) is 0. The zero-order valence-corrected chi connectivity index (χ0v) is 50.6. The number of benzene rings is 13. The van der Waals surface area contributed by atoms with Gasteiger partial charge in [0.2, 0.25) is 11.9 Å². The second-order valence-corrected chi connectivity index (χ2v) is 25.6. The van der Waals surface area contributed by atoms with Crippen LogP contribution in [0.5, 0.6) is 0 Å². The molecule has 0 radical (unpaired) electrons. The van der Waals surface area contributed by atoms with Gasteiger partial charge in [-0.25, -0.2) is 19.9 Å². The molecule has 6 aromatic heterocycles. The van der Waals surface area contributed by atoms with Crippen molar-refractivity contribution in [3.8, 4) is 51.2 Å². The highest BCUT2D eigenvalue weighted by Gasteiger charge is 2.25. The molecule has 0 amide bonds. The molecule has 10 heteroatoms. The van der Waals surface area contributed by atoms with E-state index in [1.807, 2.05) is 17.4 Å². The summed E-state index contributed by atoms with van der Waals surface area (Å²) in [5, 5.41) is 16.3. The average Bonchev–Trinajstić information content (AvgIpc) is 1.69. The molecule has 0 aliphatic heterocycles. The van der Waals surface area contributed by atoms with E-state index in [1.54, 1.807) is 0 Å². The normalized spacial score (nSPS) is 12.2. The Hall–Kier alpha value is -10.4. The van der Waals surface area contributed by atoms with Crippen LogP contribution in [0.2, 0.25) is 0 Å². The van der Waals surface area contributed by atoms with Crippen LogP contribution in [0.1, 0.15) is 0 Å². The van der Waals surface area contributed by atoms with Gasteiger partial charge in [-0.2, -0.15) is 0 Å². The van der Waals surface area contributed by atoms with Gasteiger partial charge in [-0.05, 0) is 125 Å². The summed E-state index contributed by atoms with van der Waals surface area (Å²) < 4.78 is 11.6. The first-order valence-corrected chi connectivity index (χ1v) is 31.7. The molecule has 0 fully saturated rings. The molecule has 19 rings (SSSR count). The molecule has 88 heavy (non-hydrogen) atoms. The SMILES string of the molecule is Brc1ccc2c(c1)c1c3c(ccc4sc5ccccc5c43)ccc1n2-c1nc(-c2cccc(-c3cccc(-n4c5ccc(Br)cc5c5c6c(ccc54)ccc4c6c5ccccc5n4-c4nc(-c5ccccc5)c5ccccc5n4)c3)c2)c2ccccc2n1. The molecular formula is C78H43Br2N7S. The van der Waals surface area contributed by atoms with Crippen molar-refractivity contribution in [3.05, 3.63) is 270 Å². The first-order chi connectivity index (χ1) is 43.5. The van der Waals surface area contributed by atoms with E-state index in [9.17, 15) is 0 Å². The highest BCUT2D eigenvalue weighted by molar-refractivity contribution is 9.10. The van der Waals surface area contributed by atoms with E-state index < -0.39 is 0 Å². The lowest BCUT2D eigenvalue weighted by Gasteiger charge is -2.14. The summed E-state index contributed by atoms with van der Waals surface area (Å²) in [6.07, 6.45) is 0. The van der Waals surface area contributed by atoms with Crippen LogP contribution in [0.3, 0.4) is 0 Å². The Bertz CT molecular complexity index is 6240. The maximum Gasteiger partial charge on any atom is 0.235 e. The molecule has 6 heterocycles. The quantitative estimate of drug-likeness (QED) is 0.166. The van der Waals surface area contributed by atoms with Gasteiger partial charge in [0.1, 0.15) is 0 Å². The Kier molecular flexibility index (Phi) is 10.8. The molecule has 0 N–H and O–H groups in total. The van der Waals surface area contributed by atoms with Gasteiger partial charge in [-0.1, -0.05) is 190 Å². The smallest absolute Gasteiger partial charge is 0.235 e. The summed E-state index contributed by atoms with van der Waals surface area (Å²) >= 11 is 9.64. The second kappa shape index (κ2) is 19.1. The average molecular weight is 1270 g/mol. The van der Waals surface area contributed by atoms with Crippen molar-refractivity contribution >= 4 is 172 Å². The minimum absolute atomic E-state index is 0.622. The number of hydrogen-bond acceptors (Lipinski definition) is 5. The largest absolute Gasteiger partial charge is 0.309 e. The third kappa shape index (κ3) is 7.34. The van der Waals surface area contributed by atoms with Crippen molar-refractivity contribution in [2.24, 2.45) is 0 Å². The molecule has 19 aromatic rings. The van der Waals surface area contributed by atoms with Crippen LogP contribution >= 0.6 is 43.2 Å². The number of para-hydroxylation sites is 3. The van der Waals surface area contributed by atoms with E-state index in [0.717, 1.165) is 130 Å². The van der Waals surface area contributed by atoms with Crippen molar-refractivity contribution in [3.63, 3.8) is 0 Å². The fourth-order valence-corrected chi connectivity index (χ4v) is 16.1. The second-order valence-electron chi connectivity index (χ2n) is 22.7. The van der Waals surface area contributed by atoms with Crippen molar-refractivity contribution in [1.82, 2.24) is 33.6 Å². The predicted molar refractivity (Wildman–Crippen MR) is 375 cm³/mol. The van der Waals surface area contributed by atoms with E-state index in [4.69, 9.17) is 19.9 Å². The van der Waals surface area contributed by atoms with E-state index in [-0.39, 0.29) is 0 Å². The van der Waals surface area contributed by atoms with E-state index in [1.165, 1.54) is 47.1 Å². The maximum absolute atomic E-state index is 5.63. The molecule has 13 aromatic carbocycles. The van der Waals surface area contributed by atoms with Crippen LogP contribution in [0.4, 0.5) is 0 Å². The van der Waals surface area contributed by atoms with Crippen LogP contribution in [-0.2, 0) is 0 Å². The first kappa shape index (κ1) is 49.9. The van der Waals surface area contributed by atoms with Gasteiger partial charge in [0, 0.05) is 99.8 Å². The zero-order chi connectivity index (χ0) is 57.9. The molecule has 0 spiro atoms. The van der Waals surface area contributed by atoms with Crippen LogP contribution < -0.4 is 0 Å². The van der Waals surface area contributed by atoms with Gasteiger partial charge in [0.15, 0.2) is 0 Å². The van der Waals surface area contributed by atoms with Gasteiger partial charge in [-0.3, -0.25) is 9.13 Å². The summed E-state index contributed by atoms with van der Waals surface area (Å²) in [5.41, 5.74) is 15.3. The molecule has 0 bridgehead atoms. The third-order valence-electron chi connectivity index (χ3n) is 17.9. The number of fused-ring (bicyclic) bond motifs is 20. The van der Waals surface area contributed by atoms with Crippen LogP contribution in [0.25, 0.3) is 180 Å². The Labute approximate surface area is 522 Å².